The number of benzene rings is 2. The molecule has 0 unspecified atom stereocenters. The molecule has 1 N–H and O–H groups in total. The van der Waals surface area contributed by atoms with Crippen molar-refractivity contribution in [2.24, 2.45) is 5.92 Å². The minimum absolute atomic E-state index is 0.0579. The lowest BCUT2D eigenvalue weighted by Crippen LogP contribution is -2.43. The van der Waals surface area contributed by atoms with Crippen LogP contribution in [-0.2, 0) is 14.8 Å². The summed E-state index contributed by atoms with van der Waals surface area (Å²) < 4.78 is 54.7. The lowest BCUT2D eigenvalue weighted by Gasteiger charge is -2.31. The lowest BCUT2D eigenvalue weighted by atomic mass is 9.99. The van der Waals surface area contributed by atoms with Gasteiger partial charge in [0.05, 0.1) is 0 Å². The van der Waals surface area contributed by atoms with Crippen LogP contribution in [0.15, 0.2) is 41.3 Å². The summed E-state index contributed by atoms with van der Waals surface area (Å²) in [5.41, 5.74) is 0.437. The molecule has 1 heterocycles. The molecule has 0 radical (unpaired) electrons. The van der Waals surface area contributed by atoms with Crippen LogP contribution in [0.5, 0.6) is 0 Å². The lowest BCUT2D eigenvalue weighted by molar-refractivity contribution is -0.312. The van der Waals surface area contributed by atoms with Crippen molar-refractivity contribution >= 4 is 27.6 Å². The molecule has 0 aromatic heterocycles. The van der Waals surface area contributed by atoms with Gasteiger partial charge in [0, 0.05) is 36.2 Å². The first-order valence-corrected chi connectivity index (χ1v) is 10.6. The van der Waals surface area contributed by atoms with Crippen molar-refractivity contribution in [1.82, 2.24) is 4.31 Å². The van der Waals surface area contributed by atoms with Gasteiger partial charge in [0.1, 0.15) is 16.5 Å². The second-order valence-corrected chi connectivity index (χ2v) is 8.97. The van der Waals surface area contributed by atoms with Crippen LogP contribution in [0.2, 0.25) is 0 Å². The summed E-state index contributed by atoms with van der Waals surface area (Å²) in [5, 5.41) is 13.4. The SMILES string of the molecule is Cc1ccc(NC(=O)c2ccc(F)c(S(=O)(=O)N3CCC(C(=O)[O-])CC3)c2)cc1F. The van der Waals surface area contributed by atoms with E-state index in [2.05, 4.69) is 5.32 Å². The summed E-state index contributed by atoms with van der Waals surface area (Å²) in [5.74, 6) is -4.28. The van der Waals surface area contributed by atoms with Gasteiger partial charge < -0.3 is 15.2 Å². The number of halogens is 2. The van der Waals surface area contributed by atoms with Crippen molar-refractivity contribution in [3.05, 3.63) is 59.2 Å². The number of carbonyl (C=O) groups excluding carboxylic acids is 2. The van der Waals surface area contributed by atoms with Gasteiger partial charge in [0.2, 0.25) is 10.0 Å². The third-order valence-electron chi connectivity index (χ3n) is 5.03. The fraction of sp³-hybridized carbons (Fsp3) is 0.300. The molecule has 0 atom stereocenters. The molecule has 1 aliphatic rings. The molecule has 0 spiro atoms. The van der Waals surface area contributed by atoms with E-state index >= 15 is 0 Å². The Labute approximate surface area is 172 Å². The number of nitrogens with zero attached hydrogens (tertiary/aromatic N) is 1. The first kappa shape index (κ1) is 21.8. The Balaban J connectivity index is 1.83. The van der Waals surface area contributed by atoms with Gasteiger partial charge in [0.25, 0.3) is 5.91 Å². The smallest absolute Gasteiger partial charge is 0.255 e. The van der Waals surface area contributed by atoms with Crippen LogP contribution >= 0.6 is 0 Å². The quantitative estimate of drug-likeness (QED) is 0.766. The summed E-state index contributed by atoms with van der Waals surface area (Å²) in [6.07, 6.45) is 0.116. The molecule has 1 amide bonds. The number of anilines is 1. The van der Waals surface area contributed by atoms with Gasteiger partial charge in [0.15, 0.2) is 0 Å². The molecule has 10 heteroatoms. The van der Waals surface area contributed by atoms with E-state index in [1.807, 2.05) is 0 Å². The fourth-order valence-electron chi connectivity index (χ4n) is 3.19. The molecule has 0 saturated carbocycles. The van der Waals surface area contributed by atoms with Crippen LogP contribution in [0, 0.1) is 24.5 Å². The molecule has 30 heavy (non-hydrogen) atoms. The number of rotatable bonds is 5. The number of aliphatic carboxylic acids is 1. The zero-order valence-corrected chi connectivity index (χ0v) is 16.8. The first-order valence-electron chi connectivity index (χ1n) is 9.17. The summed E-state index contributed by atoms with van der Waals surface area (Å²) in [7, 11) is -4.28. The standard InChI is InChI=1S/C20H20F2N2O5S/c1-12-2-4-15(11-17(12)22)23-19(25)14-3-5-16(21)18(10-14)30(28,29)24-8-6-13(7-9-24)20(26)27/h2-5,10-11,13H,6-9H2,1H3,(H,23,25)(H,26,27)/p-1. The molecular formula is C20H19F2N2O5S-. The van der Waals surface area contributed by atoms with Crippen LogP contribution in [0.3, 0.4) is 0 Å². The van der Waals surface area contributed by atoms with Crippen molar-refractivity contribution in [3.63, 3.8) is 0 Å². The van der Waals surface area contributed by atoms with Gasteiger partial charge in [-0.3, -0.25) is 4.79 Å². The Kier molecular flexibility index (Phi) is 6.18. The molecule has 1 aliphatic heterocycles. The fourth-order valence-corrected chi connectivity index (χ4v) is 4.75. The van der Waals surface area contributed by atoms with E-state index < -0.39 is 44.3 Å². The summed E-state index contributed by atoms with van der Waals surface area (Å²) in [4.78, 5) is 22.7. The predicted molar refractivity (Wildman–Crippen MR) is 102 cm³/mol. The van der Waals surface area contributed by atoms with E-state index in [9.17, 15) is 31.9 Å². The summed E-state index contributed by atoms with van der Waals surface area (Å²) >= 11 is 0. The molecule has 0 bridgehead atoms. The highest BCUT2D eigenvalue weighted by molar-refractivity contribution is 7.89. The Morgan fingerprint density at radius 2 is 1.73 bits per heavy atom. The normalized spacial score (nSPS) is 15.7. The third kappa shape index (κ3) is 4.49. The van der Waals surface area contributed by atoms with Crippen LogP contribution in [0.4, 0.5) is 14.5 Å². The van der Waals surface area contributed by atoms with E-state index in [-0.39, 0.29) is 37.2 Å². The maximum absolute atomic E-state index is 14.3. The zero-order chi connectivity index (χ0) is 22.1. The number of amides is 1. The number of hydrogen-bond donors (Lipinski definition) is 1. The number of carboxylic acids is 1. The summed E-state index contributed by atoms with van der Waals surface area (Å²) in [6, 6.07) is 6.98. The van der Waals surface area contributed by atoms with E-state index in [1.54, 1.807) is 6.92 Å². The van der Waals surface area contributed by atoms with Crippen LogP contribution in [0.25, 0.3) is 0 Å². The average Bonchev–Trinajstić information content (AvgIpc) is 2.71. The summed E-state index contributed by atoms with van der Waals surface area (Å²) in [6.45, 7) is 1.37. The molecule has 2 aromatic rings. The third-order valence-corrected chi connectivity index (χ3v) is 6.94. The number of sulfonamides is 1. The van der Waals surface area contributed by atoms with Crippen LogP contribution in [0.1, 0.15) is 28.8 Å². The maximum Gasteiger partial charge on any atom is 0.255 e. The van der Waals surface area contributed by atoms with E-state index in [1.165, 1.54) is 12.1 Å². The van der Waals surface area contributed by atoms with Gasteiger partial charge in [-0.1, -0.05) is 6.07 Å². The molecule has 7 nitrogen and oxygen atoms in total. The molecule has 0 aliphatic carbocycles. The highest BCUT2D eigenvalue weighted by Gasteiger charge is 2.32. The van der Waals surface area contributed by atoms with Crippen molar-refractivity contribution in [2.45, 2.75) is 24.7 Å². The van der Waals surface area contributed by atoms with Gasteiger partial charge >= 0.3 is 0 Å². The highest BCUT2D eigenvalue weighted by Crippen LogP contribution is 2.26. The minimum Gasteiger partial charge on any atom is -0.550 e. The average molecular weight is 437 g/mol. The molecule has 2 aromatic carbocycles. The molecule has 160 valence electrons. The van der Waals surface area contributed by atoms with E-state index in [0.717, 1.165) is 28.6 Å². The number of piperidine rings is 1. The second-order valence-electron chi connectivity index (χ2n) is 7.06. The largest absolute Gasteiger partial charge is 0.550 e. The van der Waals surface area contributed by atoms with E-state index in [4.69, 9.17) is 0 Å². The molecule has 1 saturated heterocycles. The van der Waals surface area contributed by atoms with Crippen molar-refractivity contribution in [1.29, 1.82) is 0 Å². The Bertz CT molecular complexity index is 1100. The van der Waals surface area contributed by atoms with Crippen molar-refractivity contribution in [2.75, 3.05) is 18.4 Å². The van der Waals surface area contributed by atoms with Gasteiger partial charge in [-0.2, -0.15) is 4.31 Å². The van der Waals surface area contributed by atoms with Gasteiger partial charge in [-0.05, 0) is 55.7 Å². The first-order chi connectivity index (χ1) is 14.1. The van der Waals surface area contributed by atoms with E-state index in [0.29, 0.717) is 5.56 Å². The number of carbonyl (C=O) groups is 2. The topological polar surface area (TPSA) is 107 Å². The predicted octanol–water partition coefficient (Wildman–Crippen LogP) is 1.68. The second kappa shape index (κ2) is 8.49. The van der Waals surface area contributed by atoms with Crippen molar-refractivity contribution < 1.29 is 31.9 Å². The van der Waals surface area contributed by atoms with Crippen LogP contribution < -0.4 is 10.4 Å². The Morgan fingerprint density at radius 1 is 1.07 bits per heavy atom. The molecule has 1 fully saturated rings. The zero-order valence-electron chi connectivity index (χ0n) is 16.0. The number of carboxylic acid groups (broad SMARTS) is 1. The van der Waals surface area contributed by atoms with Crippen LogP contribution in [-0.4, -0.2) is 37.7 Å². The molecule has 3 rings (SSSR count). The number of nitrogens with one attached hydrogen (secondary N) is 1. The van der Waals surface area contributed by atoms with Gasteiger partial charge in [-0.25, -0.2) is 17.2 Å². The monoisotopic (exact) mass is 437 g/mol. The van der Waals surface area contributed by atoms with Crippen molar-refractivity contribution in [3.8, 4) is 0 Å². The molecular weight excluding hydrogens is 418 g/mol. The highest BCUT2D eigenvalue weighted by atomic mass is 32.2. The Morgan fingerprint density at radius 3 is 2.33 bits per heavy atom. The van der Waals surface area contributed by atoms with Gasteiger partial charge in [-0.15, -0.1) is 0 Å². The maximum atomic E-state index is 14.3. The Hall–Kier alpha value is -2.85. The number of hydrogen-bond acceptors (Lipinski definition) is 5. The minimum atomic E-state index is -4.28. The number of aryl methyl sites for hydroxylation is 1.